The summed E-state index contributed by atoms with van der Waals surface area (Å²) in [6.07, 6.45) is 0.419. The fraction of sp³-hybridized carbons (Fsp3) is 0.733. The molecule has 3 heterocycles. The van der Waals surface area contributed by atoms with Crippen LogP contribution < -0.4 is 5.32 Å². The molecular formula is C15H24N4OS. The molecule has 1 N–H and O–H groups in total. The highest BCUT2D eigenvalue weighted by Crippen LogP contribution is 2.33. The van der Waals surface area contributed by atoms with Gasteiger partial charge in [-0.1, -0.05) is 0 Å². The van der Waals surface area contributed by atoms with Crippen molar-refractivity contribution in [1.29, 1.82) is 0 Å². The van der Waals surface area contributed by atoms with Gasteiger partial charge in [0.25, 0.3) is 0 Å². The predicted octanol–water partition coefficient (Wildman–Crippen LogP) is 0.813. The fourth-order valence-corrected chi connectivity index (χ4v) is 4.24. The fourth-order valence-electron chi connectivity index (χ4n) is 3.46. The van der Waals surface area contributed by atoms with E-state index in [0.717, 1.165) is 42.2 Å². The first-order valence-corrected chi connectivity index (χ1v) is 8.50. The number of likely N-dealkylation sites (N-methyl/N-ethyl adjacent to an activating group) is 1. The van der Waals surface area contributed by atoms with Gasteiger partial charge in [-0.3, -0.25) is 9.69 Å². The molecule has 5 nitrogen and oxygen atoms in total. The molecule has 2 saturated heterocycles. The third-order valence-electron chi connectivity index (χ3n) is 4.82. The van der Waals surface area contributed by atoms with Crippen molar-refractivity contribution in [1.82, 2.24) is 20.1 Å². The number of thiazole rings is 1. The number of hydrogen-bond acceptors (Lipinski definition) is 5. The molecule has 1 aromatic heterocycles. The van der Waals surface area contributed by atoms with E-state index in [1.807, 2.05) is 0 Å². The van der Waals surface area contributed by atoms with Gasteiger partial charge in [-0.05, 0) is 31.8 Å². The van der Waals surface area contributed by atoms with Crippen molar-refractivity contribution in [3.63, 3.8) is 0 Å². The number of fused-ring (bicyclic) bond motifs is 1. The molecule has 116 valence electrons. The molecule has 3 unspecified atom stereocenters. The van der Waals surface area contributed by atoms with Crippen LogP contribution in [0.4, 0.5) is 0 Å². The molecule has 0 aliphatic carbocycles. The van der Waals surface area contributed by atoms with Crippen molar-refractivity contribution in [3.05, 3.63) is 16.1 Å². The Morgan fingerprint density at radius 3 is 3.05 bits per heavy atom. The Kier molecular flexibility index (Phi) is 4.28. The third-order valence-corrected chi connectivity index (χ3v) is 5.72. The van der Waals surface area contributed by atoms with E-state index in [1.165, 1.54) is 6.54 Å². The monoisotopic (exact) mass is 308 g/mol. The highest BCUT2D eigenvalue weighted by Gasteiger charge is 2.41. The van der Waals surface area contributed by atoms with Crippen LogP contribution in [0.25, 0.3) is 0 Å². The topological polar surface area (TPSA) is 48.5 Å². The van der Waals surface area contributed by atoms with Crippen molar-refractivity contribution >= 4 is 17.2 Å². The summed E-state index contributed by atoms with van der Waals surface area (Å²) in [7, 11) is 3.57. The lowest BCUT2D eigenvalue weighted by Gasteiger charge is -2.23. The van der Waals surface area contributed by atoms with Gasteiger partial charge in [-0.25, -0.2) is 4.98 Å². The van der Waals surface area contributed by atoms with Crippen molar-refractivity contribution < 1.29 is 4.79 Å². The van der Waals surface area contributed by atoms with Crippen molar-refractivity contribution in [2.24, 2.45) is 11.8 Å². The summed E-state index contributed by atoms with van der Waals surface area (Å²) in [6, 6.07) is 0.624. The van der Waals surface area contributed by atoms with Crippen LogP contribution in [0.15, 0.2) is 5.38 Å². The molecule has 2 aliphatic rings. The second-order valence-corrected chi connectivity index (χ2v) is 7.39. The molecule has 1 amide bonds. The Balaban J connectivity index is 1.59. The van der Waals surface area contributed by atoms with Crippen molar-refractivity contribution in [2.75, 3.05) is 33.7 Å². The van der Waals surface area contributed by atoms with E-state index in [0.29, 0.717) is 12.5 Å². The smallest absolute Gasteiger partial charge is 0.228 e. The van der Waals surface area contributed by atoms with Gasteiger partial charge in [0.2, 0.25) is 5.91 Å². The number of rotatable bonds is 4. The second-order valence-electron chi connectivity index (χ2n) is 6.45. The van der Waals surface area contributed by atoms with Crippen LogP contribution in [0, 0.1) is 11.8 Å². The summed E-state index contributed by atoms with van der Waals surface area (Å²) < 4.78 is 0. The standard InChI is InChI=1S/C15H24N4OS/c1-10-13-6-16-5-11(13)7-19(10)8-12-9-21-14(17-12)4-15(20)18(2)3/h9-11,13,16H,4-8H2,1-3H3. The Morgan fingerprint density at radius 1 is 1.52 bits per heavy atom. The molecule has 1 aromatic rings. The summed E-state index contributed by atoms with van der Waals surface area (Å²) in [5.74, 6) is 1.71. The molecule has 0 aromatic carbocycles. The third kappa shape index (κ3) is 3.12. The Hall–Kier alpha value is -0.980. The number of nitrogens with one attached hydrogen (secondary N) is 1. The molecule has 2 aliphatic heterocycles. The molecule has 3 rings (SSSR count). The van der Waals surface area contributed by atoms with Crippen LogP contribution in [0.3, 0.4) is 0 Å². The first-order valence-electron chi connectivity index (χ1n) is 7.63. The molecule has 0 spiro atoms. The van der Waals surface area contributed by atoms with E-state index < -0.39 is 0 Å². The zero-order valence-corrected chi connectivity index (χ0v) is 13.8. The minimum atomic E-state index is 0.117. The number of amides is 1. The van der Waals surface area contributed by atoms with E-state index in [1.54, 1.807) is 30.3 Å². The van der Waals surface area contributed by atoms with Crippen molar-refractivity contribution in [3.8, 4) is 0 Å². The predicted molar refractivity (Wildman–Crippen MR) is 84.2 cm³/mol. The molecule has 3 atom stereocenters. The van der Waals surface area contributed by atoms with Crippen LogP contribution in [-0.2, 0) is 17.8 Å². The number of hydrogen-bond donors (Lipinski definition) is 1. The van der Waals surface area contributed by atoms with Gasteiger partial charge < -0.3 is 10.2 Å². The maximum atomic E-state index is 11.7. The van der Waals surface area contributed by atoms with E-state index in [4.69, 9.17) is 0 Å². The Bertz CT molecular complexity index is 516. The normalized spacial score (nSPS) is 28.8. The highest BCUT2D eigenvalue weighted by atomic mass is 32.1. The van der Waals surface area contributed by atoms with Crippen LogP contribution in [0.2, 0.25) is 0 Å². The second kappa shape index (κ2) is 6.02. The molecule has 0 radical (unpaired) electrons. The SMILES string of the molecule is CC1C2CNCC2CN1Cc1csc(CC(=O)N(C)C)n1. The van der Waals surface area contributed by atoms with E-state index >= 15 is 0 Å². The first kappa shape index (κ1) is 14.9. The lowest BCUT2D eigenvalue weighted by molar-refractivity contribution is -0.127. The van der Waals surface area contributed by atoms with Gasteiger partial charge in [-0.15, -0.1) is 11.3 Å². The number of nitrogens with zero attached hydrogens (tertiary/aromatic N) is 3. The zero-order chi connectivity index (χ0) is 15.0. The lowest BCUT2D eigenvalue weighted by atomic mass is 9.95. The molecule has 2 fully saturated rings. The van der Waals surface area contributed by atoms with Crippen LogP contribution >= 0.6 is 11.3 Å². The van der Waals surface area contributed by atoms with Gasteiger partial charge >= 0.3 is 0 Å². The van der Waals surface area contributed by atoms with Crippen LogP contribution in [-0.4, -0.2) is 60.5 Å². The lowest BCUT2D eigenvalue weighted by Crippen LogP contribution is -2.32. The number of carbonyl (C=O) groups is 1. The summed E-state index contributed by atoms with van der Waals surface area (Å²) >= 11 is 1.60. The van der Waals surface area contributed by atoms with Crippen LogP contribution in [0.5, 0.6) is 0 Å². The van der Waals surface area contributed by atoms with E-state index in [-0.39, 0.29) is 5.91 Å². The van der Waals surface area contributed by atoms with Gasteiger partial charge in [0, 0.05) is 38.6 Å². The van der Waals surface area contributed by atoms with Gasteiger partial charge in [0.15, 0.2) is 0 Å². The Morgan fingerprint density at radius 2 is 2.33 bits per heavy atom. The first-order chi connectivity index (χ1) is 10.0. The van der Waals surface area contributed by atoms with Gasteiger partial charge in [-0.2, -0.15) is 0 Å². The van der Waals surface area contributed by atoms with Crippen molar-refractivity contribution in [2.45, 2.75) is 25.9 Å². The molecule has 0 saturated carbocycles. The Labute approximate surface area is 130 Å². The molecular weight excluding hydrogens is 284 g/mol. The number of carbonyl (C=O) groups excluding carboxylic acids is 1. The van der Waals surface area contributed by atoms with E-state index in [9.17, 15) is 4.79 Å². The summed E-state index contributed by atoms with van der Waals surface area (Å²) in [4.78, 5) is 20.5. The van der Waals surface area contributed by atoms with Gasteiger partial charge in [0.1, 0.15) is 5.01 Å². The minimum absolute atomic E-state index is 0.117. The number of likely N-dealkylation sites (tertiary alicyclic amines) is 1. The maximum absolute atomic E-state index is 11.7. The molecule has 21 heavy (non-hydrogen) atoms. The number of aromatic nitrogens is 1. The average molecular weight is 308 g/mol. The zero-order valence-electron chi connectivity index (χ0n) is 13.0. The summed E-state index contributed by atoms with van der Waals surface area (Å²) in [5, 5.41) is 6.53. The molecule has 0 bridgehead atoms. The highest BCUT2D eigenvalue weighted by molar-refractivity contribution is 7.09. The molecule has 6 heteroatoms. The quantitative estimate of drug-likeness (QED) is 0.894. The average Bonchev–Trinajstić information content (AvgIpc) is 3.11. The van der Waals surface area contributed by atoms with Crippen LogP contribution in [0.1, 0.15) is 17.6 Å². The van der Waals surface area contributed by atoms with Gasteiger partial charge in [0.05, 0.1) is 12.1 Å². The van der Waals surface area contributed by atoms with E-state index in [2.05, 4.69) is 27.5 Å². The maximum Gasteiger partial charge on any atom is 0.228 e. The summed E-state index contributed by atoms with van der Waals surface area (Å²) in [5.41, 5.74) is 1.11. The largest absolute Gasteiger partial charge is 0.348 e. The minimum Gasteiger partial charge on any atom is -0.348 e. The summed E-state index contributed by atoms with van der Waals surface area (Å²) in [6.45, 7) is 6.73.